The van der Waals surface area contributed by atoms with Gasteiger partial charge in [-0.15, -0.1) is 0 Å². The molecule has 10 rings (SSSR count). The molecular weight excluding hydrogens is 1180 g/mol. The smallest absolute Gasteiger partial charge is 0.187 e. The Balaban J connectivity index is 0.888. The Bertz CT molecular complexity index is 2420. The van der Waals surface area contributed by atoms with Crippen LogP contribution >= 0.6 is 0 Å². The first-order valence-corrected chi connectivity index (χ1v) is 31.5. The molecular formula is C60H100O29. The molecule has 4 saturated carbocycles. The summed E-state index contributed by atoms with van der Waals surface area (Å²) in [6.45, 7) is 11.2. The lowest BCUT2D eigenvalue weighted by Crippen LogP contribution is -2.69. The lowest BCUT2D eigenvalue weighted by atomic mass is 9.33. The van der Waals surface area contributed by atoms with Crippen LogP contribution in [0.15, 0.2) is 11.6 Å². The average molecular weight is 1290 g/mol. The normalized spacial score (nSPS) is 54.9. The molecule has 35 unspecified atom stereocenters. The number of aliphatic hydroxyl groups is 19. The van der Waals surface area contributed by atoms with Crippen molar-refractivity contribution in [1.82, 2.24) is 0 Å². The van der Waals surface area contributed by atoms with E-state index in [0.717, 1.165) is 18.4 Å². The summed E-state index contributed by atoms with van der Waals surface area (Å²) in [5, 5.41) is 206. The van der Waals surface area contributed by atoms with E-state index in [-0.39, 0.29) is 29.3 Å². The van der Waals surface area contributed by atoms with Crippen LogP contribution in [0.3, 0.4) is 0 Å². The second-order valence-electron chi connectivity index (χ2n) is 29.4. The molecule has 0 spiro atoms. The molecule has 5 saturated heterocycles. The third kappa shape index (κ3) is 11.9. The number of hydrogen-bond acceptors (Lipinski definition) is 29. The molecule has 10 aliphatic rings. The van der Waals surface area contributed by atoms with Gasteiger partial charge in [-0.25, -0.2) is 0 Å². The van der Waals surface area contributed by atoms with Gasteiger partial charge in [-0.1, -0.05) is 60.1 Å². The lowest BCUT2D eigenvalue weighted by Gasteiger charge is -2.72. The summed E-state index contributed by atoms with van der Waals surface area (Å²) >= 11 is 0. The summed E-state index contributed by atoms with van der Waals surface area (Å²) in [6, 6.07) is 0. The maximum Gasteiger partial charge on any atom is 0.187 e. The van der Waals surface area contributed by atoms with Crippen molar-refractivity contribution in [2.75, 3.05) is 39.6 Å². The third-order valence-corrected chi connectivity index (χ3v) is 23.9. The van der Waals surface area contributed by atoms with E-state index in [4.69, 9.17) is 47.4 Å². The summed E-state index contributed by atoms with van der Waals surface area (Å²) in [7, 11) is 0. The van der Waals surface area contributed by atoms with Crippen LogP contribution in [0, 0.1) is 50.2 Å². The highest BCUT2D eigenvalue weighted by molar-refractivity contribution is 5.35. The van der Waals surface area contributed by atoms with E-state index in [2.05, 4.69) is 40.7 Å². The van der Waals surface area contributed by atoms with E-state index in [1.165, 1.54) is 0 Å². The highest BCUT2D eigenvalue weighted by Gasteiger charge is 2.71. The van der Waals surface area contributed by atoms with Crippen molar-refractivity contribution in [3.8, 4) is 0 Å². The Morgan fingerprint density at radius 2 is 0.888 bits per heavy atom. The van der Waals surface area contributed by atoms with E-state index in [1.807, 2.05) is 13.8 Å². The van der Waals surface area contributed by atoms with Gasteiger partial charge in [0.25, 0.3) is 0 Å². The molecule has 35 atom stereocenters. The van der Waals surface area contributed by atoms with Crippen LogP contribution in [0.1, 0.15) is 99.8 Å². The third-order valence-electron chi connectivity index (χ3n) is 23.9. The summed E-state index contributed by atoms with van der Waals surface area (Å²) < 4.78 is 60.0. The molecule has 9 fully saturated rings. The Labute approximate surface area is 516 Å². The average Bonchev–Trinajstić information content (AvgIpc) is 0.723. The van der Waals surface area contributed by atoms with Crippen LogP contribution in [0.4, 0.5) is 0 Å². The Hall–Kier alpha value is -1.42. The molecule has 0 aromatic carbocycles. The Morgan fingerprint density at radius 3 is 1.40 bits per heavy atom. The van der Waals surface area contributed by atoms with Crippen LogP contribution in [0.5, 0.6) is 0 Å². The zero-order valence-electron chi connectivity index (χ0n) is 51.5. The maximum absolute atomic E-state index is 12.7. The quantitative estimate of drug-likeness (QED) is 0.0506. The van der Waals surface area contributed by atoms with Crippen molar-refractivity contribution < 1.29 is 144 Å². The molecule has 5 aliphatic heterocycles. The fourth-order valence-corrected chi connectivity index (χ4v) is 18.0. The first kappa shape index (κ1) is 70.4. The topological polar surface area (TPSA) is 477 Å². The maximum atomic E-state index is 12.7. The Morgan fingerprint density at radius 1 is 0.438 bits per heavy atom. The molecule has 0 aromatic rings. The minimum absolute atomic E-state index is 0.0579. The van der Waals surface area contributed by atoms with Gasteiger partial charge in [0.2, 0.25) is 0 Å². The van der Waals surface area contributed by atoms with E-state index in [9.17, 15) is 97.0 Å². The van der Waals surface area contributed by atoms with Crippen LogP contribution < -0.4 is 0 Å². The predicted molar refractivity (Wildman–Crippen MR) is 298 cm³/mol. The lowest BCUT2D eigenvalue weighted by molar-refractivity contribution is -0.376. The number of fused-ring (bicyclic) bond motifs is 7. The number of rotatable bonds is 16. The van der Waals surface area contributed by atoms with E-state index >= 15 is 0 Å². The molecule has 29 nitrogen and oxygen atoms in total. The second-order valence-corrected chi connectivity index (χ2v) is 29.4. The second kappa shape index (κ2) is 26.2. The Kier molecular flexibility index (Phi) is 20.7. The van der Waals surface area contributed by atoms with Gasteiger partial charge in [-0.2, -0.15) is 0 Å². The van der Waals surface area contributed by atoms with Crippen molar-refractivity contribution in [2.45, 2.75) is 272 Å². The fourth-order valence-electron chi connectivity index (χ4n) is 18.0. The highest BCUT2D eigenvalue weighted by Crippen LogP contribution is 2.76. The minimum Gasteiger partial charge on any atom is -0.394 e. The first-order chi connectivity index (χ1) is 41.7. The zero-order chi connectivity index (χ0) is 65.2. The largest absolute Gasteiger partial charge is 0.394 e. The van der Waals surface area contributed by atoms with Gasteiger partial charge in [-0.05, 0) is 96.2 Å². The fraction of sp³-hybridized carbons (Fsp3) is 0.967. The van der Waals surface area contributed by atoms with Crippen LogP contribution in [0.2, 0.25) is 0 Å². The minimum atomic E-state index is -1.98. The number of allylic oxidation sites excluding steroid dienone is 2. The molecule has 19 N–H and O–H groups in total. The first-order valence-electron chi connectivity index (χ1n) is 31.5. The van der Waals surface area contributed by atoms with Crippen molar-refractivity contribution in [3.05, 3.63) is 11.6 Å². The standard InChI is InChI=1S/C60H100O29/c1-55(2)16-24-23-8-9-31-57(5)12-11-32(88-52-45(76)41(72)36(67)28(86-52)20-80-50-43(74)38(69)33(64)25(17-61)83-50)56(3,4)30(57)10-13-59(31,7)58(23,6)14-15-60(24,49(79)48(55)78)22-82-54-47(89-53-46(77)40(71)35(66)27(19-63)85-53)42(73)37(68)29(87-54)21-81-51-44(75)39(70)34(65)26(18-62)84-51/h8,24-54,61-79H,9-22H2,1-7H3. The molecule has 514 valence electrons. The van der Waals surface area contributed by atoms with E-state index in [1.54, 1.807) is 0 Å². The van der Waals surface area contributed by atoms with Gasteiger partial charge in [0, 0.05) is 5.41 Å². The molecule has 0 bridgehead atoms. The molecule has 0 radical (unpaired) electrons. The number of hydrogen-bond donors (Lipinski definition) is 19. The van der Waals surface area contributed by atoms with E-state index in [0.29, 0.717) is 38.5 Å². The molecule has 0 aromatic heterocycles. The van der Waals surface area contributed by atoms with Crippen molar-refractivity contribution in [3.63, 3.8) is 0 Å². The molecule has 89 heavy (non-hydrogen) atoms. The number of ether oxygens (including phenoxy) is 10. The molecule has 29 heteroatoms. The van der Waals surface area contributed by atoms with Crippen LogP contribution in [0.25, 0.3) is 0 Å². The van der Waals surface area contributed by atoms with Gasteiger partial charge in [0.15, 0.2) is 31.5 Å². The summed E-state index contributed by atoms with van der Waals surface area (Å²) in [5.74, 6) is -0.264. The van der Waals surface area contributed by atoms with Crippen LogP contribution in [-0.4, -0.2) is 309 Å². The van der Waals surface area contributed by atoms with Crippen LogP contribution in [-0.2, 0) is 47.4 Å². The van der Waals surface area contributed by atoms with Gasteiger partial charge >= 0.3 is 0 Å². The summed E-state index contributed by atoms with van der Waals surface area (Å²) in [6.07, 6.45) is -38.2. The summed E-state index contributed by atoms with van der Waals surface area (Å²) in [4.78, 5) is 0. The summed E-state index contributed by atoms with van der Waals surface area (Å²) in [5.41, 5.74) is -2.65. The van der Waals surface area contributed by atoms with Gasteiger partial charge in [-0.3, -0.25) is 0 Å². The van der Waals surface area contributed by atoms with Crippen molar-refractivity contribution >= 4 is 0 Å². The van der Waals surface area contributed by atoms with Gasteiger partial charge in [0.05, 0.1) is 58.0 Å². The number of aliphatic hydroxyl groups excluding tert-OH is 19. The van der Waals surface area contributed by atoms with Gasteiger partial charge in [0.1, 0.15) is 122 Å². The zero-order valence-corrected chi connectivity index (χ0v) is 51.5. The van der Waals surface area contributed by atoms with Crippen molar-refractivity contribution in [1.29, 1.82) is 0 Å². The van der Waals surface area contributed by atoms with E-state index < -0.39 is 232 Å². The van der Waals surface area contributed by atoms with Gasteiger partial charge < -0.3 is 144 Å². The molecule has 5 aliphatic carbocycles. The molecule has 0 amide bonds. The monoisotopic (exact) mass is 1280 g/mol. The highest BCUT2D eigenvalue weighted by atomic mass is 16.8. The van der Waals surface area contributed by atoms with Crippen molar-refractivity contribution in [2.24, 2.45) is 50.2 Å². The predicted octanol–water partition coefficient (Wildman–Crippen LogP) is -5.80. The molecule has 5 heterocycles. The SMILES string of the molecule is CC1(C)CC2C3=CCC4C5(C)CCC(OC6OC(COC7OC(CO)C(O)C(O)C7O)C(O)C(O)C6O)C(C)(C)C5CCC4(C)C3(C)CCC2(COC2OC(COC3OC(CO)C(O)C(O)C3O)C(O)C(O)C2OC2OC(CO)C(O)C(O)C2O)C(O)C1O.